The van der Waals surface area contributed by atoms with Gasteiger partial charge in [0.1, 0.15) is 0 Å². The van der Waals surface area contributed by atoms with Gasteiger partial charge >= 0.3 is 18.9 Å². The summed E-state index contributed by atoms with van der Waals surface area (Å²) in [5.41, 5.74) is 0. The van der Waals surface area contributed by atoms with Crippen molar-refractivity contribution in [1.29, 1.82) is 0 Å². The monoisotopic (exact) mass is 147 g/mol. The Labute approximate surface area is 82.7 Å². The fourth-order valence-electron chi connectivity index (χ4n) is 1.58. The molecule has 0 aromatic carbocycles. The third kappa shape index (κ3) is 4.90. The summed E-state index contributed by atoms with van der Waals surface area (Å²) < 4.78 is 0. The van der Waals surface area contributed by atoms with Crippen molar-refractivity contribution in [2.75, 3.05) is 19.6 Å². The van der Waals surface area contributed by atoms with Gasteiger partial charge in [0.25, 0.3) is 0 Å². The van der Waals surface area contributed by atoms with E-state index in [1.807, 2.05) is 0 Å². The van der Waals surface area contributed by atoms with Gasteiger partial charge in [-0.2, -0.15) is 5.92 Å². The normalized spacial score (nSPS) is 22.4. The minimum Gasteiger partial charge on any atom is -0.339 e. The molecule has 1 nitrogen and oxygen atoms in total. The van der Waals surface area contributed by atoms with E-state index in [0.29, 0.717) is 5.92 Å². The molecular formula is C9H18LiN. The van der Waals surface area contributed by atoms with Crippen molar-refractivity contribution in [2.24, 2.45) is 5.92 Å². The standard InChI is InChI=1S/C9H18N.Li/c1-9(2)8-10-6-4-3-5-7-10;/h9H,1,3-8H2,2H3;/q-1;+1. The molecule has 0 aromatic heterocycles. The van der Waals surface area contributed by atoms with E-state index < -0.39 is 0 Å². The number of hydrogen-bond donors (Lipinski definition) is 0. The molecule has 0 saturated carbocycles. The Morgan fingerprint density at radius 1 is 1.27 bits per heavy atom. The first kappa shape index (κ1) is 11.6. The summed E-state index contributed by atoms with van der Waals surface area (Å²) in [6.07, 6.45) is 4.22. The van der Waals surface area contributed by atoms with Gasteiger partial charge in [-0.15, -0.1) is 0 Å². The number of rotatable bonds is 2. The van der Waals surface area contributed by atoms with E-state index in [1.165, 1.54) is 38.9 Å². The Bertz CT molecular complexity index is 87.6. The van der Waals surface area contributed by atoms with Gasteiger partial charge in [-0.3, -0.25) is 0 Å². The quantitative estimate of drug-likeness (QED) is 0.356. The molecule has 0 aromatic rings. The fraction of sp³-hybridized carbons (Fsp3) is 0.889. The van der Waals surface area contributed by atoms with Crippen molar-refractivity contribution >= 4 is 0 Å². The van der Waals surface area contributed by atoms with Crippen LogP contribution < -0.4 is 18.9 Å². The molecule has 0 spiro atoms. The Kier molecular flexibility index (Phi) is 6.43. The van der Waals surface area contributed by atoms with Crippen LogP contribution in [0.25, 0.3) is 0 Å². The first-order chi connectivity index (χ1) is 4.79. The minimum atomic E-state index is 0. The Hall–Kier alpha value is 0.557. The minimum absolute atomic E-state index is 0. The molecule has 0 radical (unpaired) electrons. The van der Waals surface area contributed by atoms with E-state index in [9.17, 15) is 0 Å². The summed E-state index contributed by atoms with van der Waals surface area (Å²) in [5, 5.41) is 0. The SMILES string of the molecule is [CH2-]C(C)CN1CCCCC1.[Li+]. The molecule has 2 heteroatoms. The molecule has 0 amide bonds. The Balaban J connectivity index is 0.000001000. The Morgan fingerprint density at radius 3 is 2.27 bits per heavy atom. The smallest absolute Gasteiger partial charge is 0.339 e. The second-order valence-corrected chi connectivity index (χ2v) is 3.47. The van der Waals surface area contributed by atoms with Crippen LogP contribution in [0.4, 0.5) is 0 Å². The van der Waals surface area contributed by atoms with E-state index in [-0.39, 0.29) is 18.9 Å². The second kappa shape index (κ2) is 6.12. The average molecular weight is 147 g/mol. The number of nitrogens with zero attached hydrogens (tertiary/aromatic N) is 1. The first-order valence-electron chi connectivity index (χ1n) is 4.34. The van der Waals surface area contributed by atoms with Crippen LogP contribution >= 0.6 is 0 Å². The van der Waals surface area contributed by atoms with Crippen molar-refractivity contribution in [3.05, 3.63) is 6.92 Å². The van der Waals surface area contributed by atoms with E-state index in [0.717, 1.165) is 0 Å². The first-order valence-corrected chi connectivity index (χ1v) is 4.34. The zero-order valence-electron chi connectivity index (χ0n) is 7.97. The number of hydrogen-bond acceptors (Lipinski definition) is 1. The third-order valence-electron chi connectivity index (χ3n) is 2.02. The molecule has 1 heterocycles. The summed E-state index contributed by atoms with van der Waals surface area (Å²) in [5.74, 6) is 0.595. The molecule has 0 aliphatic carbocycles. The van der Waals surface area contributed by atoms with Crippen molar-refractivity contribution in [2.45, 2.75) is 26.2 Å². The fourth-order valence-corrected chi connectivity index (χ4v) is 1.58. The van der Waals surface area contributed by atoms with Crippen LogP contribution in [-0.4, -0.2) is 24.5 Å². The maximum Gasteiger partial charge on any atom is 1.00 e. The van der Waals surface area contributed by atoms with Crippen LogP contribution in [0.3, 0.4) is 0 Å². The molecule has 60 valence electrons. The van der Waals surface area contributed by atoms with Crippen molar-refractivity contribution in [3.63, 3.8) is 0 Å². The predicted octanol–water partition coefficient (Wildman–Crippen LogP) is -1.05. The molecule has 0 bridgehead atoms. The van der Waals surface area contributed by atoms with Gasteiger partial charge in [-0.05, 0) is 32.5 Å². The summed E-state index contributed by atoms with van der Waals surface area (Å²) in [6, 6.07) is 0. The zero-order valence-corrected chi connectivity index (χ0v) is 7.97. The van der Waals surface area contributed by atoms with E-state index in [1.54, 1.807) is 0 Å². The average Bonchev–Trinajstić information content (AvgIpc) is 1.88. The topological polar surface area (TPSA) is 3.24 Å². The number of piperidine rings is 1. The van der Waals surface area contributed by atoms with Gasteiger partial charge in [0.2, 0.25) is 0 Å². The van der Waals surface area contributed by atoms with E-state index >= 15 is 0 Å². The van der Waals surface area contributed by atoms with Gasteiger partial charge in [0, 0.05) is 0 Å². The van der Waals surface area contributed by atoms with Crippen LogP contribution in [0.5, 0.6) is 0 Å². The maximum atomic E-state index is 3.99. The molecule has 0 N–H and O–H groups in total. The van der Waals surface area contributed by atoms with Crippen molar-refractivity contribution < 1.29 is 18.9 Å². The van der Waals surface area contributed by atoms with E-state index in [4.69, 9.17) is 0 Å². The third-order valence-corrected chi connectivity index (χ3v) is 2.02. The van der Waals surface area contributed by atoms with Crippen LogP contribution in [0.15, 0.2) is 0 Å². The number of likely N-dealkylation sites (tertiary alicyclic amines) is 1. The molecule has 1 rings (SSSR count). The van der Waals surface area contributed by atoms with Crippen LogP contribution in [0.2, 0.25) is 0 Å². The Morgan fingerprint density at radius 2 is 1.82 bits per heavy atom. The molecule has 1 unspecified atom stereocenters. The molecule has 1 atom stereocenters. The predicted molar refractivity (Wildman–Crippen MR) is 44.8 cm³/mol. The molecule has 1 aliphatic heterocycles. The zero-order chi connectivity index (χ0) is 7.40. The van der Waals surface area contributed by atoms with Gasteiger partial charge in [0.15, 0.2) is 0 Å². The second-order valence-electron chi connectivity index (χ2n) is 3.47. The van der Waals surface area contributed by atoms with Crippen LogP contribution in [0.1, 0.15) is 26.2 Å². The van der Waals surface area contributed by atoms with Crippen molar-refractivity contribution in [1.82, 2.24) is 4.90 Å². The molecular weight excluding hydrogens is 129 g/mol. The summed E-state index contributed by atoms with van der Waals surface area (Å²) in [6.45, 7) is 9.99. The van der Waals surface area contributed by atoms with Gasteiger partial charge in [-0.1, -0.05) is 13.3 Å². The maximum absolute atomic E-state index is 3.99. The van der Waals surface area contributed by atoms with Gasteiger partial charge < -0.3 is 11.8 Å². The van der Waals surface area contributed by atoms with Crippen LogP contribution in [-0.2, 0) is 0 Å². The van der Waals surface area contributed by atoms with Crippen LogP contribution in [0, 0.1) is 12.8 Å². The molecule has 1 aliphatic rings. The molecule has 1 fully saturated rings. The van der Waals surface area contributed by atoms with Crippen molar-refractivity contribution in [3.8, 4) is 0 Å². The molecule has 1 saturated heterocycles. The summed E-state index contributed by atoms with van der Waals surface area (Å²) in [7, 11) is 0. The molecule has 11 heavy (non-hydrogen) atoms. The summed E-state index contributed by atoms with van der Waals surface area (Å²) in [4.78, 5) is 2.53. The van der Waals surface area contributed by atoms with Gasteiger partial charge in [0.05, 0.1) is 0 Å². The van der Waals surface area contributed by atoms with E-state index in [2.05, 4.69) is 18.7 Å². The van der Waals surface area contributed by atoms with Gasteiger partial charge in [-0.25, -0.2) is 0 Å². The largest absolute Gasteiger partial charge is 1.00 e. The summed E-state index contributed by atoms with van der Waals surface area (Å²) >= 11 is 0.